The minimum absolute atomic E-state index is 0.0805. The third kappa shape index (κ3) is 6.29. The molecule has 168 valence electrons. The minimum atomic E-state index is -0.101. The van der Waals surface area contributed by atoms with Crippen LogP contribution in [0.15, 0.2) is 33.8 Å². The van der Waals surface area contributed by atoms with Gasteiger partial charge in [-0.1, -0.05) is 24.2 Å². The van der Waals surface area contributed by atoms with Gasteiger partial charge in [-0.15, -0.1) is 0 Å². The lowest BCUT2D eigenvalue weighted by Gasteiger charge is -2.34. The minimum Gasteiger partial charge on any atom is -0.466 e. The number of esters is 1. The highest BCUT2D eigenvalue weighted by molar-refractivity contribution is 5.81. The Balaban J connectivity index is 1.58. The average Bonchev–Trinajstić information content (AvgIpc) is 3.29. The highest BCUT2D eigenvalue weighted by atomic mass is 16.5. The van der Waals surface area contributed by atoms with Crippen molar-refractivity contribution in [3.8, 4) is 11.5 Å². The van der Waals surface area contributed by atoms with Crippen molar-refractivity contribution in [3.05, 3.63) is 35.7 Å². The zero-order chi connectivity index (χ0) is 22.1. The number of aryl methyl sites for hydroxylation is 1. The monoisotopic (exact) mass is 427 g/mol. The number of hydrogen-bond donors (Lipinski definition) is 1. The number of nitrogens with zero attached hydrogens (tertiary/aromatic N) is 4. The molecule has 31 heavy (non-hydrogen) atoms. The van der Waals surface area contributed by atoms with Crippen LogP contribution in [0.3, 0.4) is 0 Å². The molecule has 0 radical (unpaired) electrons. The number of rotatable bonds is 8. The van der Waals surface area contributed by atoms with E-state index < -0.39 is 0 Å². The van der Waals surface area contributed by atoms with Crippen molar-refractivity contribution in [3.63, 3.8) is 0 Å². The fraction of sp³-hybridized carbons (Fsp3) is 0.565. The first-order chi connectivity index (χ1) is 15.1. The Morgan fingerprint density at radius 3 is 2.77 bits per heavy atom. The van der Waals surface area contributed by atoms with Gasteiger partial charge in [0, 0.05) is 38.2 Å². The maximum atomic E-state index is 12.1. The lowest BCUT2D eigenvalue weighted by molar-refractivity contribution is -0.149. The van der Waals surface area contributed by atoms with Crippen LogP contribution in [0.25, 0.3) is 11.5 Å². The number of benzene rings is 1. The number of aliphatic imine (C=N–C) groups is 1. The quantitative estimate of drug-likeness (QED) is 0.393. The summed E-state index contributed by atoms with van der Waals surface area (Å²) in [6.45, 7) is 9.35. The Morgan fingerprint density at radius 1 is 1.29 bits per heavy atom. The average molecular weight is 428 g/mol. The predicted molar refractivity (Wildman–Crippen MR) is 120 cm³/mol. The van der Waals surface area contributed by atoms with Gasteiger partial charge in [-0.25, -0.2) is 0 Å². The van der Waals surface area contributed by atoms with Crippen LogP contribution in [0.1, 0.15) is 45.0 Å². The SMILES string of the molecule is CCNC(=NCCc1ccc(-c2nc(CC)no2)cc1)N1CCCC(C(=O)OCC)C1. The molecule has 1 fully saturated rings. The number of piperidine rings is 1. The molecule has 1 aliphatic heterocycles. The van der Waals surface area contributed by atoms with Gasteiger partial charge < -0.3 is 19.5 Å². The van der Waals surface area contributed by atoms with Crippen molar-refractivity contribution in [2.45, 2.75) is 46.5 Å². The third-order valence-electron chi connectivity index (χ3n) is 5.32. The molecule has 1 unspecified atom stereocenters. The molecule has 1 N–H and O–H groups in total. The molecule has 0 aliphatic carbocycles. The lowest BCUT2D eigenvalue weighted by Crippen LogP contribution is -2.48. The summed E-state index contributed by atoms with van der Waals surface area (Å²) >= 11 is 0. The Labute approximate surface area is 184 Å². The van der Waals surface area contributed by atoms with Crippen LogP contribution in [0.4, 0.5) is 0 Å². The van der Waals surface area contributed by atoms with E-state index in [2.05, 4.69) is 39.4 Å². The fourth-order valence-electron chi connectivity index (χ4n) is 3.67. The first-order valence-corrected chi connectivity index (χ1v) is 11.3. The van der Waals surface area contributed by atoms with Gasteiger partial charge in [-0.05, 0) is 50.8 Å². The second-order valence-electron chi connectivity index (χ2n) is 7.59. The van der Waals surface area contributed by atoms with Gasteiger partial charge in [0.2, 0.25) is 0 Å². The van der Waals surface area contributed by atoms with Crippen LogP contribution < -0.4 is 5.32 Å². The van der Waals surface area contributed by atoms with E-state index in [0.717, 1.165) is 50.3 Å². The number of ether oxygens (including phenoxy) is 1. The molecule has 1 atom stereocenters. The third-order valence-corrected chi connectivity index (χ3v) is 5.32. The van der Waals surface area contributed by atoms with E-state index in [1.54, 1.807) is 0 Å². The number of likely N-dealkylation sites (tertiary alicyclic amines) is 1. The van der Waals surface area contributed by atoms with Crippen molar-refractivity contribution in [1.82, 2.24) is 20.4 Å². The second kappa shape index (κ2) is 11.5. The molecule has 0 spiro atoms. The number of nitrogens with one attached hydrogen (secondary N) is 1. The van der Waals surface area contributed by atoms with Crippen LogP contribution >= 0.6 is 0 Å². The zero-order valence-electron chi connectivity index (χ0n) is 18.8. The summed E-state index contributed by atoms with van der Waals surface area (Å²) in [6, 6.07) is 8.16. The van der Waals surface area contributed by atoms with Crippen molar-refractivity contribution < 1.29 is 14.1 Å². The van der Waals surface area contributed by atoms with E-state index >= 15 is 0 Å². The van der Waals surface area contributed by atoms with E-state index in [0.29, 0.717) is 31.4 Å². The molecule has 8 heteroatoms. The second-order valence-corrected chi connectivity index (χ2v) is 7.59. The van der Waals surface area contributed by atoms with Crippen LogP contribution in [0.5, 0.6) is 0 Å². The molecule has 0 amide bonds. The molecule has 3 rings (SSSR count). The molecular weight excluding hydrogens is 394 g/mol. The molecule has 1 aromatic carbocycles. The van der Waals surface area contributed by atoms with Crippen molar-refractivity contribution in [2.75, 3.05) is 32.8 Å². The Kier molecular flexibility index (Phi) is 8.44. The van der Waals surface area contributed by atoms with E-state index in [4.69, 9.17) is 14.3 Å². The maximum absolute atomic E-state index is 12.1. The smallest absolute Gasteiger partial charge is 0.310 e. The summed E-state index contributed by atoms with van der Waals surface area (Å²) in [6.07, 6.45) is 3.42. The summed E-state index contributed by atoms with van der Waals surface area (Å²) in [5, 5.41) is 7.31. The largest absolute Gasteiger partial charge is 0.466 e. The van der Waals surface area contributed by atoms with Gasteiger partial charge in [-0.3, -0.25) is 9.79 Å². The number of carbonyl (C=O) groups excluding carboxylic acids is 1. The molecule has 0 saturated carbocycles. The fourth-order valence-corrected chi connectivity index (χ4v) is 3.67. The number of hydrogen-bond acceptors (Lipinski definition) is 6. The highest BCUT2D eigenvalue weighted by Gasteiger charge is 2.28. The van der Waals surface area contributed by atoms with Crippen LogP contribution in [0.2, 0.25) is 0 Å². The zero-order valence-corrected chi connectivity index (χ0v) is 18.8. The molecule has 1 saturated heterocycles. The number of carbonyl (C=O) groups is 1. The van der Waals surface area contributed by atoms with E-state index in [1.807, 2.05) is 26.0 Å². The molecule has 2 aromatic rings. The molecule has 8 nitrogen and oxygen atoms in total. The molecule has 2 heterocycles. The summed E-state index contributed by atoms with van der Waals surface area (Å²) in [7, 11) is 0. The predicted octanol–water partition coefficient (Wildman–Crippen LogP) is 3.08. The Morgan fingerprint density at radius 2 is 2.10 bits per heavy atom. The Hall–Kier alpha value is -2.90. The van der Waals surface area contributed by atoms with Crippen molar-refractivity contribution >= 4 is 11.9 Å². The van der Waals surface area contributed by atoms with Gasteiger partial charge in [0.05, 0.1) is 12.5 Å². The maximum Gasteiger partial charge on any atom is 0.310 e. The summed E-state index contributed by atoms with van der Waals surface area (Å²) < 4.78 is 10.5. The van der Waals surface area contributed by atoms with Gasteiger partial charge in [0.1, 0.15) is 0 Å². The summed E-state index contributed by atoms with van der Waals surface area (Å²) in [5.74, 6) is 1.95. The molecular formula is C23H33N5O3. The molecule has 1 aromatic heterocycles. The normalized spacial score (nSPS) is 16.9. The lowest BCUT2D eigenvalue weighted by atomic mass is 9.98. The number of guanidine groups is 1. The molecule has 0 bridgehead atoms. The summed E-state index contributed by atoms with van der Waals surface area (Å²) in [4.78, 5) is 23.5. The van der Waals surface area contributed by atoms with E-state index in [9.17, 15) is 4.79 Å². The number of aromatic nitrogens is 2. The summed E-state index contributed by atoms with van der Waals surface area (Å²) in [5.41, 5.74) is 2.12. The van der Waals surface area contributed by atoms with Crippen molar-refractivity contribution in [1.29, 1.82) is 0 Å². The topological polar surface area (TPSA) is 92.9 Å². The Bertz CT molecular complexity index is 862. The molecule has 1 aliphatic rings. The standard InChI is InChI=1S/C23H33N5O3/c1-4-20-26-21(31-27-20)18-11-9-17(10-12-18)13-14-25-23(24-5-2)28-15-7-8-19(16-28)22(29)30-6-3/h9-12,19H,4-8,13-16H2,1-3H3,(H,24,25). The van der Waals surface area contributed by atoms with Crippen LogP contribution in [-0.2, 0) is 22.4 Å². The van der Waals surface area contributed by atoms with Crippen LogP contribution in [0, 0.1) is 5.92 Å². The first kappa shape index (κ1) is 22.8. The van der Waals surface area contributed by atoms with Gasteiger partial charge >= 0.3 is 5.97 Å². The van der Waals surface area contributed by atoms with Gasteiger partial charge in [0.15, 0.2) is 11.8 Å². The first-order valence-electron chi connectivity index (χ1n) is 11.3. The van der Waals surface area contributed by atoms with Crippen molar-refractivity contribution in [2.24, 2.45) is 10.9 Å². The van der Waals surface area contributed by atoms with E-state index in [-0.39, 0.29) is 11.9 Å². The van der Waals surface area contributed by atoms with Crippen LogP contribution in [-0.4, -0.2) is 59.8 Å². The van der Waals surface area contributed by atoms with Gasteiger partial charge in [-0.2, -0.15) is 4.98 Å². The van der Waals surface area contributed by atoms with Gasteiger partial charge in [0.25, 0.3) is 5.89 Å². The van der Waals surface area contributed by atoms with E-state index in [1.165, 1.54) is 5.56 Å². The highest BCUT2D eigenvalue weighted by Crippen LogP contribution is 2.19.